The van der Waals surface area contributed by atoms with Crippen LogP contribution in [-0.4, -0.2) is 12.5 Å². The van der Waals surface area contributed by atoms with Gasteiger partial charge in [0, 0.05) is 5.56 Å². The Morgan fingerprint density at radius 3 is 3.17 bits per heavy atom. The first-order valence-electron chi connectivity index (χ1n) is 3.79. The first-order chi connectivity index (χ1) is 5.77. The van der Waals surface area contributed by atoms with Crippen LogP contribution in [0.25, 0.3) is 0 Å². The fourth-order valence-electron chi connectivity index (χ4n) is 1.20. The van der Waals surface area contributed by atoms with Crippen LogP contribution >= 0.6 is 0 Å². The predicted octanol–water partition coefficient (Wildman–Crippen LogP) is 1.65. The topological polar surface area (TPSA) is 38.3 Å². The first kappa shape index (κ1) is 7.16. The smallest absolute Gasteiger partial charge is 0.159 e. The molecule has 0 unspecified atom stereocenters. The Hall–Kier alpha value is -1.51. The molecule has 3 nitrogen and oxygen atoms in total. The summed E-state index contributed by atoms with van der Waals surface area (Å²) in [4.78, 5) is 11.0. The van der Waals surface area contributed by atoms with E-state index in [1.165, 1.54) is 0 Å². The Morgan fingerprint density at radius 1 is 1.58 bits per heavy atom. The molecular weight excluding hydrogens is 154 g/mol. The maximum atomic E-state index is 11.0. The zero-order chi connectivity index (χ0) is 8.55. The van der Waals surface area contributed by atoms with E-state index in [-0.39, 0.29) is 5.78 Å². The monoisotopic (exact) mass is 163 g/mol. The second kappa shape index (κ2) is 2.52. The molecule has 1 aromatic carbocycles. The number of ketones is 1. The summed E-state index contributed by atoms with van der Waals surface area (Å²) in [6.45, 7) is 2.04. The minimum Gasteiger partial charge on any atom is -0.471 e. The summed E-state index contributed by atoms with van der Waals surface area (Å²) in [6.07, 6.45) is 0. The van der Waals surface area contributed by atoms with Gasteiger partial charge in [-0.25, -0.2) is 0 Å². The lowest BCUT2D eigenvalue weighted by atomic mass is 10.1. The fourth-order valence-corrected chi connectivity index (χ4v) is 1.20. The van der Waals surface area contributed by atoms with E-state index in [0.29, 0.717) is 12.3 Å². The van der Waals surface area contributed by atoms with Gasteiger partial charge in [-0.15, -0.1) is 0 Å². The maximum Gasteiger partial charge on any atom is 0.159 e. The van der Waals surface area contributed by atoms with E-state index in [1.54, 1.807) is 19.1 Å². The molecule has 0 radical (unpaired) electrons. The quantitative estimate of drug-likeness (QED) is 0.640. The van der Waals surface area contributed by atoms with Gasteiger partial charge in [-0.3, -0.25) is 4.79 Å². The van der Waals surface area contributed by atoms with Crippen molar-refractivity contribution < 1.29 is 9.53 Å². The Balaban J connectivity index is 2.45. The number of ether oxygens (including phenoxy) is 1. The van der Waals surface area contributed by atoms with Crippen molar-refractivity contribution in [2.75, 3.05) is 12.0 Å². The van der Waals surface area contributed by atoms with E-state index < -0.39 is 0 Å². The van der Waals surface area contributed by atoms with Crippen LogP contribution in [-0.2, 0) is 0 Å². The zero-order valence-electron chi connectivity index (χ0n) is 6.76. The Bertz CT molecular complexity index is 333. The summed E-state index contributed by atoms with van der Waals surface area (Å²) < 4.78 is 5.23. The van der Waals surface area contributed by atoms with Crippen LogP contribution in [0.1, 0.15) is 17.3 Å². The molecule has 1 aromatic rings. The van der Waals surface area contributed by atoms with Gasteiger partial charge >= 0.3 is 0 Å². The number of carbonyl (C=O) groups is 1. The molecular formula is C9H9NO2. The molecule has 2 rings (SSSR count). The van der Waals surface area contributed by atoms with Crippen molar-refractivity contribution in [3.05, 3.63) is 23.8 Å². The number of Topliss-reactive ketones (excluding diaryl/α,β-unsaturated/α-hetero) is 1. The average Bonchev–Trinajstić information content (AvgIpc) is 2.49. The van der Waals surface area contributed by atoms with Crippen molar-refractivity contribution in [1.29, 1.82) is 0 Å². The van der Waals surface area contributed by atoms with Crippen molar-refractivity contribution >= 4 is 11.5 Å². The van der Waals surface area contributed by atoms with Crippen LogP contribution in [0.2, 0.25) is 0 Å². The number of hydrogen-bond donors (Lipinski definition) is 1. The van der Waals surface area contributed by atoms with Crippen LogP contribution in [0.3, 0.4) is 0 Å². The maximum absolute atomic E-state index is 11.0. The molecule has 3 heteroatoms. The van der Waals surface area contributed by atoms with Crippen molar-refractivity contribution in [3.8, 4) is 5.75 Å². The second-order valence-corrected chi connectivity index (χ2v) is 2.73. The molecule has 12 heavy (non-hydrogen) atoms. The van der Waals surface area contributed by atoms with Gasteiger partial charge in [-0.2, -0.15) is 0 Å². The molecule has 1 heterocycles. The standard InChI is InChI=1S/C9H9NO2/c1-6(11)7-2-3-8-9(4-7)12-5-10-8/h2-4,10H,5H2,1H3. The van der Waals surface area contributed by atoms with Crippen molar-refractivity contribution in [2.45, 2.75) is 6.92 Å². The highest BCUT2D eigenvalue weighted by molar-refractivity contribution is 5.95. The molecule has 0 atom stereocenters. The highest BCUT2D eigenvalue weighted by Gasteiger charge is 2.11. The summed E-state index contributed by atoms with van der Waals surface area (Å²) in [5.74, 6) is 0.830. The summed E-state index contributed by atoms with van der Waals surface area (Å²) in [5.41, 5.74) is 1.65. The molecule has 0 aromatic heterocycles. The van der Waals surface area contributed by atoms with Crippen molar-refractivity contribution in [1.82, 2.24) is 0 Å². The molecule has 0 bridgehead atoms. The van der Waals surface area contributed by atoms with Gasteiger partial charge < -0.3 is 10.1 Å². The van der Waals surface area contributed by atoms with Crippen LogP contribution in [0.15, 0.2) is 18.2 Å². The lowest BCUT2D eigenvalue weighted by Gasteiger charge is -1.98. The third kappa shape index (κ3) is 1.03. The number of hydrogen-bond acceptors (Lipinski definition) is 3. The minimum absolute atomic E-state index is 0.0632. The van der Waals surface area contributed by atoms with Crippen molar-refractivity contribution in [3.63, 3.8) is 0 Å². The highest BCUT2D eigenvalue weighted by Crippen LogP contribution is 2.29. The fraction of sp³-hybridized carbons (Fsp3) is 0.222. The van der Waals surface area contributed by atoms with Gasteiger partial charge in [-0.05, 0) is 25.1 Å². The number of fused-ring (bicyclic) bond motifs is 1. The van der Waals surface area contributed by atoms with E-state index >= 15 is 0 Å². The zero-order valence-corrected chi connectivity index (χ0v) is 6.76. The molecule has 1 aliphatic heterocycles. The van der Waals surface area contributed by atoms with E-state index in [9.17, 15) is 4.79 Å². The molecule has 0 fully saturated rings. The van der Waals surface area contributed by atoms with Crippen LogP contribution < -0.4 is 10.1 Å². The average molecular weight is 163 g/mol. The van der Waals surface area contributed by atoms with Crippen LogP contribution in [0.4, 0.5) is 5.69 Å². The molecule has 0 aliphatic carbocycles. The normalized spacial score (nSPS) is 13.1. The first-order valence-corrected chi connectivity index (χ1v) is 3.79. The molecule has 0 amide bonds. The van der Waals surface area contributed by atoms with Crippen LogP contribution in [0.5, 0.6) is 5.75 Å². The van der Waals surface area contributed by atoms with Gasteiger partial charge in [0.25, 0.3) is 0 Å². The molecule has 0 saturated carbocycles. The Kier molecular flexibility index (Phi) is 1.50. The summed E-state index contributed by atoms with van der Waals surface area (Å²) in [6, 6.07) is 5.42. The van der Waals surface area contributed by atoms with Gasteiger partial charge in [-0.1, -0.05) is 0 Å². The van der Waals surface area contributed by atoms with E-state index in [2.05, 4.69) is 5.32 Å². The number of rotatable bonds is 1. The second-order valence-electron chi connectivity index (χ2n) is 2.73. The lowest BCUT2D eigenvalue weighted by Crippen LogP contribution is -1.96. The van der Waals surface area contributed by atoms with Gasteiger partial charge in [0.15, 0.2) is 12.5 Å². The van der Waals surface area contributed by atoms with E-state index in [0.717, 1.165) is 11.4 Å². The lowest BCUT2D eigenvalue weighted by molar-refractivity contribution is 0.101. The number of anilines is 1. The third-order valence-electron chi connectivity index (χ3n) is 1.88. The SMILES string of the molecule is CC(=O)c1ccc2c(c1)OCN2. The predicted molar refractivity (Wildman–Crippen MR) is 45.6 cm³/mol. The largest absolute Gasteiger partial charge is 0.471 e. The summed E-state index contributed by atoms with van der Waals surface area (Å²) >= 11 is 0. The van der Waals surface area contributed by atoms with Crippen molar-refractivity contribution in [2.24, 2.45) is 0 Å². The Labute approximate surface area is 70.3 Å². The summed E-state index contributed by atoms with van der Waals surface area (Å²) in [5, 5.41) is 3.03. The van der Waals surface area contributed by atoms with Gasteiger partial charge in [0.2, 0.25) is 0 Å². The number of carbonyl (C=O) groups excluding carboxylic acids is 1. The summed E-state index contributed by atoms with van der Waals surface area (Å²) in [7, 11) is 0. The van der Waals surface area contributed by atoms with Gasteiger partial charge in [0.05, 0.1) is 5.69 Å². The molecule has 1 N–H and O–H groups in total. The molecule has 1 aliphatic rings. The van der Waals surface area contributed by atoms with E-state index in [4.69, 9.17) is 4.74 Å². The molecule has 0 saturated heterocycles. The Morgan fingerprint density at radius 2 is 2.42 bits per heavy atom. The van der Waals surface area contributed by atoms with E-state index in [1.807, 2.05) is 6.07 Å². The number of nitrogens with one attached hydrogen (secondary N) is 1. The minimum atomic E-state index is 0.0632. The number of benzene rings is 1. The molecule has 62 valence electrons. The third-order valence-corrected chi connectivity index (χ3v) is 1.88. The molecule has 0 spiro atoms. The van der Waals surface area contributed by atoms with Gasteiger partial charge in [0.1, 0.15) is 5.75 Å². The highest BCUT2D eigenvalue weighted by atomic mass is 16.5. The van der Waals surface area contributed by atoms with Crippen LogP contribution in [0, 0.1) is 0 Å².